The highest BCUT2D eigenvalue weighted by atomic mass is 35.5. The van der Waals surface area contributed by atoms with Gasteiger partial charge >= 0.3 is 0 Å². The van der Waals surface area contributed by atoms with E-state index in [2.05, 4.69) is 16.7 Å². The van der Waals surface area contributed by atoms with E-state index >= 15 is 0 Å². The van der Waals surface area contributed by atoms with Crippen molar-refractivity contribution in [1.29, 1.82) is 0 Å². The van der Waals surface area contributed by atoms with Gasteiger partial charge in [-0.3, -0.25) is 4.79 Å². The minimum absolute atomic E-state index is 0. The Bertz CT molecular complexity index is 505. The van der Waals surface area contributed by atoms with Crippen LogP contribution in [0.15, 0.2) is 18.2 Å². The third-order valence-corrected chi connectivity index (χ3v) is 4.29. The molecule has 0 aromatic heterocycles. The van der Waals surface area contributed by atoms with Crippen LogP contribution in [0.5, 0.6) is 0 Å². The minimum Gasteiger partial charge on any atom is -0.385 e. The van der Waals surface area contributed by atoms with Crippen molar-refractivity contribution in [3.8, 4) is 0 Å². The van der Waals surface area contributed by atoms with Gasteiger partial charge in [0.2, 0.25) is 5.91 Å². The molecule has 0 spiro atoms. The van der Waals surface area contributed by atoms with Crippen LogP contribution in [0.25, 0.3) is 0 Å². The summed E-state index contributed by atoms with van der Waals surface area (Å²) >= 11 is 11.8. The van der Waals surface area contributed by atoms with Crippen LogP contribution in [0.3, 0.4) is 0 Å². The number of aryl methyl sites for hydroxylation is 1. The molecule has 1 aromatic carbocycles. The van der Waals surface area contributed by atoms with Gasteiger partial charge in [0.25, 0.3) is 0 Å². The molecule has 1 heterocycles. The number of hydrogen-bond acceptors (Lipinski definition) is 2. The van der Waals surface area contributed by atoms with Crippen LogP contribution in [-0.4, -0.2) is 16.8 Å². The molecule has 0 radical (unpaired) electrons. The maximum absolute atomic E-state index is 11.9. The lowest BCUT2D eigenvalue weighted by molar-refractivity contribution is -0.117. The first-order valence-electron chi connectivity index (χ1n) is 6.12. The first-order chi connectivity index (χ1) is 8.56. The fraction of sp³-hybridized carbons (Fsp3) is 0.462. The molecule has 1 aromatic rings. The van der Waals surface area contributed by atoms with Crippen LogP contribution in [0.2, 0.25) is 0 Å². The van der Waals surface area contributed by atoms with E-state index in [0.29, 0.717) is 6.42 Å². The van der Waals surface area contributed by atoms with Gasteiger partial charge in [-0.25, -0.2) is 0 Å². The van der Waals surface area contributed by atoms with Gasteiger partial charge in [-0.05, 0) is 37.0 Å². The molecule has 1 unspecified atom stereocenters. The number of anilines is 2. The molecule has 1 amide bonds. The Morgan fingerprint density at radius 3 is 2.84 bits per heavy atom. The zero-order chi connectivity index (χ0) is 12.8. The monoisotopic (exact) mass is 320 g/mol. The second-order valence-electron chi connectivity index (χ2n) is 4.91. The lowest BCUT2D eigenvalue weighted by atomic mass is 10.0. The van der Waals surface area contributed by atoms with Gasteiger partial charge in [-0.1, -0.05) is 6.07 Å². The Labute approximate surface area is 128 Å². The average Bonchev–Trinajstić information content (AvgIpc) is 2.98. The lowest BCUT2D eigenvalue weighted by Crippen LogP contribution is -2.18. The quantitative estimate of drug-likeness (QED) is 0.817. The third kappa shape index (κ3) is 3.10. The smallest absolute Gasteiger partial charge is 0.230 e. The number of carbonyl (C=O) groups is 1. The van der Waals surface area contributed by atoms with Crippen molar-refractivity contribution in [1.82, 2.24) is 0 Å². The number of rotatable bonds is 2. The average molecular weight is 322 g/mol. The fourth-order valence-corrected chi connectivity index (χ4v) is 2.77. The van der Waals surface area contributed by atoms with Crippen molar-refractivity contribution in [2.24, 2.45) is 5.92 Å². The van der Waals surface area contributed by atoms with E-state index in [-0.39, 0.29) is 24.2 Å². The van der Waals surface area contributed by atoms with E-state index in [1.54, 1.807) is 0 Å². The summed E-state index contributed by atoms with van der Waals surface area (Å²) in [6, 6.07) is 5.95. The van der Waals surface area contributed by atoms with Crippen molar-refractivity contribution >= 4 is 52.9 Å². The number of hydrogen-bond donors (Lipinski definition) is 2. The molecule has 1 aliphatic heterocycles. The summed E-state index contributed by atoms with van der Waals surface area (Å²) in [4.78, 5) is 11.9. The maximum atomic E-state index is 11.9. The summed E-state index contributed by atoms with van der Waals surface area (Å²) in [5.41, 5.74) is 3.21. The fourth-order valence-electron chi connectivity index (χ4n) is 2.27. The maximum Gasteiger partial charge on any atom is 0.230 e. The van der Waals surface area contributed by atoms with Gasteiger partial charge in [0.1, 0.15) is 4.33 Å². The number of carbonyl (C=O) groups excluding carboxylic acids is 1. The molecule has 0 saturated heterocycles. The second kappa shape index (κ2) is 5.39. The standard InChI is InChI=1S/C13H14Cl2N2O.ClH/c14-13(15)7-10(13)12(18)17-9-4-3-8-2-1-5-16-11(8)6-9;/h3-4,6,10,16H,1-2,5,7H2,(H,17,18);1H. The van der Waals surface area contributed by atoms with Gasteiger partial charge in [0, 0.05) is 17.9 Å². The molecular formula is C13H15Cl3N2O. The molecule has 1 fully saturated rings. The van der Waals surface area contributed by atoms with E-state index in [0.717, 1.165) is 30.8 Å². The molecule has 104 valence electrons. The Morgan fingerprint density at radius 2 is 2.16 bits per heavy atom. The zero-order valence-corrected chi connectivity index (χ0v) is 12.5. The summed E-state index contributed by atoms with van der Waals surface area (Å²) in [6.07, 6.45) is 2.78. The number of amides is 1. The second-order valence-corrected chi connectivity index (χ2v) is 6.45. The van der Waals surface area contributed by atoms with E-state index in [4.69, 9.17) is 23.2 Å². The minimum atomic E-state index is -0.865. The number of halogens is 3. The summed E-state index contributed by atoms with van der Waals surface area (Å²) in [7, 11) is 0. The highest BCUT2D eigenvalue weighted by Crippen LogP contribution is 2.53. The summed E-state index contributed by atoms with van der Waals surface area (Å²) in [6.45, 7) is 0.986. The van der Waals surface area contributed by atoms with E-state index in [9.17, 15) is 4.79 Å². The predicted octanol–water partition coefficient (Wildman–Crippen LogP) is 3.60. The SMILES string of the molecule is Cl.O=C(Nc1ccc2c(c1)NCCC2)C1CC1(Cl)Cl. The van der Waals surface area contributed by atoms with Crippen LogP contribution in [0.1, 0.15) is 18.4 Å². The van der Waals surface area contributed by atoms with Gasteiger partial charge in [0.05, 0.1) is 5.92 Å². The van der Waals surface area contributed by atoms with Gasteiger partial charge in [-0.2, -0.15) is 0 Å². The number of benzene rings is 1. The molecule has 1 atom stereocenters. The van der Waals surface area contributed by atoms with Crippen molar-refractivity contribution in [3.05, 3.63) is 23.8 Å². The predicted molar refractivity (Wildman–Crippen MR) is 81.7 cm³/mol. The van der Waals surface area contributed by atoms with Crippen LogP contribution >= 0.6 is 35.6 Å². The van der Waals surface area contributed by atoms with Gasteiger partial charge in [-0.15, -0.1) is 35.6 Å². The molecule has 0 bridgehead atoms. The summed E-state index contributed by atoms with van der Waals surface area (Å²) in [5.74, 6) is -0.388. The number of fused-ring (bicyclic) bond motifs is 1. The number of nitrogens with one attached hydrogen (secondary N) is 2. The Hall–Kier alpha value is -0.640. The molecule has 6 heteroatoms. The molecule has 1 aliphatic carbocycles. The summed E-state index contributed by atoms with van der Waals surface area (Å²) in [5, 5.41) is 6.20. The van der Waals surface area contributed by atoms with E-state index in [1.807, 2.05) is 12.1 Å². The molecule has 3 nitrogen and oxygen atoms in total. The number of alkyl halides is 2. The van der Waals surface area contributed by atoms with Gasteiger partial charge in [0.15, 0.2) is 0 Å². The largest absolute Gasteiger partial charge is 0.385 e. The first-order valence-corrected chi connectivity index (χ1v) is 6.87. The highest BCUT2D eigenvalue weighted by molar-refractivity contribution is 6.52. The Morgan fingerprint density at radius 1 is 1.42 bits per heavy atom. The molecule has 2 N–H and O–H groups in total. The molecule has 19 heavy (non-hydrogen) atoms. The topological polar surface area (TPSA) is 41.1 Å². The van der Waals surface area contributed by atoms with E-state index < -0.39 is 4.33 Å². The van der Waals surface area contributed by atoms with Crippen molar-refractivity contribution in [2.75, 3.05) is 17.2 Å². The van der Waals surface area contributed by atoms with Crippen molar-refractivity contribution in [2.45, 2.75) is 23.6 Å². The Balaban J connectivity index is 0.00000133. The Kier molecular flexibility index (Phi) is 4.19. The zero-order valence-electron chi connectivity index (χ0n) is 10.2. The van der Waals surface area contributed by atoms with Crippen molar-refractivity contribution < 1.29 is 4.79 Å². The lowest BCUT2D eigenvalue weighted by Gasteiger charge is -2.18. The molecule has 1 saturated carbocycles. The molecule has 2 aliphatic rings. The van der Waals surface area contributed by atoms with Crippen molar-refractivity contribution in [3.63, 3.8) is 0 Å². The summed E-state index contributed by atoms with van der Waals surface area (Å²) < 4.78 is -0.865. The normalized spacial score (nSPS) is 22.5. The molecular weight excluding hydrogens is 307 g/mol. The van der Waals surface area contributed by atoms with Crippen LogP contribution in [0, 0.1) is 5.92 Å². The van der Waals surface area contributed by atoms with Crippen LogP contribution in [0.4, 0.5) is 11.4 Å². The van der Waals surface area contributed by atoms with Crippen LogP contribution < -0.4 is 10.6 Å². The third-order valence-electron chi connectivity index (χ3n) is 3.46. The molecule has 3 rings (SSSR count). The first kappa shape index (κ1) is 14.8. The van der Waals surface area contributed by atoms with E-state index in [1.165, 1.54) is 5.56 Å². The van der Waals surface area contributed by atoms with Gasteiger partial charge < -0.3 is 10.6 Å². The van der Waals surface area contributed by atoms with Crippen LogP contribution in [-0.2, 0) is 11.2 Å². The highest BCUT2D eigenvalue weighted by Gasteiger charge is 2.56.